The maximum atomic E-state index is 12.4. The second kappa shape index (κ2) is 5.67. The van der Waals surface area contributed by atoms with Crippen molar-refractivity contribution in [3.8, 4) is 0 Å². The third-order valence-electron chi connectivity index (χ3n) is 4.19. The molecule has 130 valence electrons. The van der Waals surface area contributed by atoms with Crippen molar-refractivity contribution in [1.29, 1.82) is 0 Å². The van der Waals surface area contributed by atoms with Crippen molar-refractivity contribution in [3.05, 3.63) is 38.7 Å². The first-order chi connectivity index (χ1) is 11.2. The molecule has 10 nitrogen and oxygen atoms in total. The molecule has 1 aliphatic rings. The zero-order valence-corrected chi connectivity index (χ0v) is 14.4. The monoisotopic (exact) mass is 354 g/mol. The summed E-state index contributed by atoms with van der Waals surface area (Å²) in [6.45, 7) is 2.65. The van der Waals surface area contributed by atoms with Gasteiger partial charge in [-0.1, -0.05) is 0 Å². The zero-order chi connectivity index (χ0) is 17.6. The van der Waals surface area contributed by atoms with Gasteiger partial charge in [0.05, 0.1) is 0 Å². The molecular formula is C13H18N6O4S. The lowest BCUT2D eigenvalue weighted by molar-refractivity contribution is 0.486. The van der Waals surface area contributed by atoms with Gasteiger partial charge in [0.25, 0.3) is 5.56 Å². The van der Waals surface area contributed by atoms with Gasteiger partial charge in [0.15, 0.2) is 4.90 Å². The molecule has 3 rings (SSSR count). The van der Waals surface area contributed by atoms with Crippen LogP contribution >= 0.6 is 0 Å². The number of sulfonamides is 1. The number of fused-ring (bicyclic) bond motifs is 1. The van der Waals surface area contributed by atoms with E-state index in [2.05, 4.69) is 14.9 Å². The van der Waals surface area contributed by atoms with Gasteiger partial charge < -0.3 is 9.13 Å². The van der Waals surface area contributed by atoms with Crippen LogP contribution in [-0.2, 0) is 37.1 Å². The topological polar surface area (TPSA) is 121 Å². The number of rotatable bonds is 4. The lowest BCUT2D eigenvalue weighted by atomic mass is 10.1. The van der Waals surface area contributed by atoms with Gasteiger partial charge in [0, 0.05) is 39.8 Å². The lowest BCUT2D eigenvalue weighted by Crippen LogP contribution is -2.42. The van der Waals surface area contributed by atoms with Crippen LogP contribution in [-0.4, -0.2) is 38.9 Å². The Hall–Kier alpha value is -2.27. The summed E-state index contributed by atoms with van der Waals surface area (Å²) in [6.07, 6.45) is 1.66. The van der Waals surface area contributed by atoms with Gasteiger partial charge in [-0.15, -0.1) is 10.2 Å². The molecule has 0 aromatic carbocycles. The van der Waals surface area contributed by atoms with Crippen molar-refractivity contribution in [2.24, 2.45) is 20.0 Å². The summed E-state index contributed by atoms with van der Waals surface area (Å²) in [5.41, 5.74) is -1.42. The van der Waals surface area contributed by atoms with Crippen LogP contribution < -0.4 is 16.0 Å². The molecule has 11 heteroatoms. The minimum absolute atomic E-state index is 0.0420. The summed E-state index contributed by atoms with van der Waals surface area (Å²) >= 11 is 0. The number of hydrogen-bond donors (Lipinski definition) is 1. The van der Waals surface area contributed by atoms with E-state index in [1.807, 2.05) is 11.5 Å². The van der Waals surface area contributed by atoms with Crippen LogP contribution in [0.4, 0.5) is 0 Å². The molecule has 0 fully saturated rings. The zero-order valence-electron chi connectivity index (χ0n) is 13.6. The molecule has 24 heavy (non-hydrogen) atoms. The smallest absolute Gasteiger partial charge is 0.315 e. The third kappa shape index (κ3) is 2.69. The molecule has 1 N–H and O–H groups in total. The highest BCUT2D eigenvalue weighted by molar-refractivity contribution is 7.89. The van der Waals surface area contributed by atoms with E-state index in [9.17, 15) is 18.0 Å². The van der Waals surface area contributed by atoms with Crippen molar-refractivity contribution in [3.63, 3.8) is 0 Å². The Bertz CT molecular complexity index is 1020. The number of aromatic nitrogens is 5. The molecule has 0 radical (unpaired) electrons. The van der Waals surface area contributed by atoms with E-state index in [1.54, 1.807) is 0 Å². The van der Waals surface area contributed by atoms with Crippen molar-refractivity contribution < 1.29 is 8.42 Å². The van der Waals surface area contributed by atoms with Crippen LogP contribution in [0.1, 0.15) is 11.6 Å². The van der Waals surface area contributed by atoms with Crippen molar-refractivity contribution in [1.82, 2.24) is 28.6 Å². The Labute approximate surface area is 137 Å². The van der Waals surface area contributed by atoms with E-state index in [0.717, 1.165) is 27.0 Å². The Kier molecular flexibility index (Phi) is 3.92. The van der Waals surface area contributed by atoms with Crippen LogP contribution in [0.25, 0.3) is 0 Å². The van der Waals surface area contributed by atoms with Crippen LogP contribution in [0.3, 0.4) is 0 Å². The van der Waals surface area contributed by atoms with Gasteiger partial charge in [-0.25, -0.2) is 17.9 Å². The number of nitrogens with one attached hydrogen (secondary N) is 1. The van der Waals surface area contributed by atoms with E-state index in [4.69, 9.17) is 0 Å². The van der Waals surface area contributed by atoms with E-state index in [0.29, 0.717) is 13.0 Å². The van der Waals surface area contributed by atoms with Gasteiger partial charge in [-0.05, 0) is 12.8 Å². The molecule has 0 spiro atoms. The highest BCUT2D eigenvalue weighted by atomic mass is 32.2. The molecular weight excluding hydrogens is 336 g/mol. The Balaban J connectivity index is 1.79. The summed E-state index contributed by atoms with van der Waals surface area (Å²) in [6, 6.07) is 0. The number of hydrogen-bond acceptors (Lipinski definition) is 6. The minimum atomic E-state index is -4.01. The van der Waals surface area contributed by atoms with Gasteiger partial charge >= 0.3 is 5.69 Å². The summed E-state index contributed by atoms with van der Waals surface area (Å²) in [7, 11) is -1.37. The second-order valence-electron chi connectivity index (χ2n) is 5.95. The molecule has 0 saturated heterocycles. The maximum Gasteiger partial charge on any atom is 0.330 e. The van der Waals surface area contributed by atoms with Gasteiger partial charge in [0.2, 0.25) is 10.0 Å². The molecule has 0 aliphatic carbocycles. The Morgan fingerprint density at radius 2 is 2.00 bits per heavy atom. The third-order valence-corrected chi connectivity index (χ3v) is 5.60. The minimum Gasteiger partial charge on any atom is -0.315 e. The highest BCUT2D eigenvalue weighted by Crippen LogP contribution is 2.19. The lowest BCUT2D eigenvalue weighted by Gasteiger charge is -2.12. The molecule has 2 aromatic heterocycles. The summed E-state index contributed by atoms with van der Waals surface area (Å²) < 4.78 is 31.1. The van der Waals surface area contributed by atoms with Crippen LogP contribution in [0.2, 0.25) is 0 Å². The van der Waals surface area contributed by atoms with Gasteiger partial charge in [-0.2, -0.15) is 0 Å². The molecule has 2 aromatic rings. The first-order valence-corrected chi connectivity index (χ1v) is 8.84. The van der Waals surface area contributed by atoms with Crippen molar-refractivity contribution in [2.75, 3.05) is 6.54 Å². The first-order valence-electron chi connectivity index (χ1n) is 7.35. The van der Waals surface area contributed by atoms with E-state index in [-0.39, 0.29) is 12.5 Å². The second-order valence-corrected chi connectivity index (χ2v) is 7.68. The SMILES string of the molecule is Cc1nnc2n1CC(CNS(=O)(=O)c1cn(C)c(=O)n(C)c1=O)C2. The summed E-state index contributed by atoms with van der Waals surface area (Å²) in [4.78, 5) is 23.3. The summed E-state index contributed by atoms with van der Waals surface area (Å²) in [5, 5.41) is 8.01. The van der Waals surface area contributed by atoms with Crippen molar-refractivity contribution in [2.45, 2.75) is 24.8 Å². The Morgan fingerprint density at radius 1 is 1.29 bits per heavy atom. The quantitative estimate of drug-likeness (QED) is 0.687. The van der Waals surface area contributed by atoms with Crippen LogP contribution in [0.15, 0.2) is 20.7 Å². The van der Waals surface area contributed by atoms with Gasteiger partial charge in [-0.3, -0.25) is 9.36 Å². The maximum absolute atomic E-state index is 12.4. The highest BCUT2D eigenvalue weighted by Gasteiger charge is 2.27. The molecule has 0 saturated carbocycles. The standard InChI is InChI=1S/C13H18N6O4S/c1-8-15-16-11-4-9(6-19(8)11)5-14-24(22,23)10-7-17(2)13(21)18(3)12(10)20/h7,9,14H,4-6H2,1-3H3. The number of aryl methyl sites for hydroxylation is 2. The average molecular weight is 354 g/mol. The molecule has 1 atom stereocenters. The van der Waals surface area contributed by atoms with E-state index >= 15 is 0 Å². The van der Waals surface area contributed by atoms with Crippen LogP contribution in [0.5, 0.6) is 0 Å². The predicted molar refractivity (Wildman–Crippen MR) is 84.1 cm³/mol. The molecule has 3 heterocycles. The van der Waals surface area contributed by atoms with E-state index in [1.165, 1.54) is 14.1 Å². The average Bonchev–Trinajstić information content (AvgIpc) is 3.09. The first kappa shape index (κ1) is 16.6. The summed E-state index contributed by atoms with van der Waals surface area (Å²) in [5.74, 6) is 1.66. The Morgan fingerprint density at radius 3 is 2.67 bits per heavy atom. The van der Waals surface area contributed by atoms with Crippen LogP contribution in [0, 0.1) is 12.8 Å². The molecule has 1 unspecified atom stereocenters. The van der Waals surface area contributed by atoms with Gasteiger partial charge in [0.1, 0.15) is 11.6 Å². The number of nitrogens with zero attached hydrogens (tertiary/aromatic N) is 5. The molecule has 1 aliphatic heterocycles. The molecule has 0 amide bonds. The normalized spacial score (nSPS) is 17.2. The molecule has 0 bridgehead atoms. The van der Waals surface area contributed by atoms with E-state index < -0.39 is 26.2 Å². The predicted octanol–water partition coefficient (Wildman–Crippen LogP) is -1.87. The van der Waals surface area contributed by atoms with Crippen molar-refractivity contribution >= 4 is 10.0 Å². The largest absolute Gasteiger partial charge is 0.330 e. The fourth-order valence-electron chi connectivity index (χ4n) is 2.80. The fraction of sp³-hybridized carbons (Fsp3) is 0.538. The fourth-order valence-corrected chi connectivity index (χ4v) is 4.07.